The molecule has 0 N–H and O–H groups in total. The minimum atomic E-state index is -0.578. The number of thiazole rings is 1. The van der Waals surface area contributed by atoms with Crippen LogP contribution < -0.4 is 4.74 Å². The average molecular weight is 413 g/mol. The molecule has 29 heavy (non-hydrogen) atoms. The van der Waals surface area contributed by atoms with E-state index in [1.807, 2.05) is 48.1 Å². The van der Waals surface area contributed by atoms with Crippen molar-refractivity contribution in [1.29, 1.82) is 0 Å². The van der Waals surface area contributed by atoms with Gasteiger partial charge in [-0.15, -0.1) is 11.3 Å². The van der Waals surface area contributed by atoms with Gasteiger partial charge in [-0.1, -0.05) is 32.0 Å². The van der Waals surface area contributed by atoms with E-state index in [1.54, 1.807) is 12.3 Å². The molecule has 0 spiro atoms. The van der Waals surface area contributed by atoms with E-state index in [-0.39, 0.29) is 24.9 Å². The molecular formula is C22H24N2O4S. The van der Waals surface area contributed by atoms with Gasteiger partial charge in [-0.2, -0.15) is 0 Å². The van der Waals surface area contributed by atoms with E-state index >= 15 is 0 Å². The molecule has 0 atom stereocenters. The van der Waals surface area contributed by atoms with Gasteiger partial charge < -0.3 is 9.47 Å². The summed E-state index contributed by atoms with van der Waals surface area (Å²) in [7, 11) is 0. The van der Waals surface area contributed by atoms with Crippen molar-refractivity contribution in [2.24, 2.45) is 0 Å². The van der Waals surface area contributed by atoms with Crippen molar-refractivity contribution in [2.75, 3.05) is 13.2 Å². The molecule has 0 unspecified atom stereocenters. The third kappa shape index (κ3) is 4.74. The third-order valence-electron chi connectivity index (χ3n) is 4.59. The van der Waals surface area contributed by atoms with Crippen LogP contribution in [-0.4, -0.2) is 34.5 Å². The minimum absolute atomic E-state index is 0.241. The van der Waals surface area contributed by atoms with Crippen LogP contribution in [0.1, 0.15) is 47.1 Å². The van der Waals surface area contributed by atoms with Gasteiger partial charge in [0.25, 0.3) is 0 Å². The summed E-state index contributed by atoms with van der Waals surface area (Å²) in [6.45, 7) is 7.32. The number of ketones is 1. The van der Waals surface area contributed by atoms with Crippen LogP contribution in [0, 0.1) is 13.8 Å². The summed E-state index contributed by atoms with van der Waals surface area (Å²) < 4.78 is 12.7. The molecule has 2 heterocycles. The maximum Gasteiger partial charge on any atom is 0.344 e. The number of Topliss-reactive ketones (excluding diaryl/α,β-unsaturated/α-hetero) is 1. The first-order valence-corrected chi connectivity index (χ1v) is 10.3. The van der Waals surface area contributed by atoms with Gasteiger partial charge in [-0.05, 0) is 37.5 Å². The molecule has 6 nitrogen and oxygen atoms in total. The fraction of sp³-hybridized carbons (Fsp3) is 0.318. The molecule has 1 aromatic carbocycles. The molecular weight excluding hydrogens is 388 g/mol. The Bertz CT molecular complexity index is 1010. The fourth-order valence-electron chi connectivity index (χ4n) is 3.16. The number of nitrogens with zero attached hydrogens (tertiary/aromatic N) is 2. The van der Waals surface area contributed by atoms with Gasteiger partial charge in [0.1, 0.15) is 5.75 Å². The minimum Gasteiger partial charge on any atom is -0.482 e. The second-order valence-electron chi connectivity index (χ2n) is 7.00. The van der Waals surface area contributed by atoms with E-state index in [0.29, 0.717) is 11.3 Å². The monoisotopic (exact) mass is 412 g/mol. The Hall–Kier alpha value is -2.93. The summed E-state index contributed by atoms with van der Waals surface area (Å²) in [5.74, 6) is 0.0946. The van der Waals surface area contributed by atoms with Crippen molar-refractivity contribution in [1.82, 2.24) is 9.55 Å². The summed E-state index contributed by atoms with van der Waals surface area (Å²) in [5.41, 5.74) is 3.23. The van der Waals surface area contributed by atoms with Gasteiger partial charge >= 0.3 is 5.97 Å². The van der Waals surface area contributed by atoms with Crippen molar-refractivity contribution in [3.8, 4) is 10.9 Å². The predicted octanol–water partition coefficient (Wildman–Crippen LogP) is 4.48. The molecule has 0 saturated carbocycles. The maximum absolute atomic E-state index is 12.6. The molecule has 152 valence electrons. The Kier molecular flexibility index (Phi) is 6.49. The Balaban J connectivity index is 1.59. The Morgan fingerprint density at radius 2 is 1.93 bits per heavy atom. The Morgan fingerprint density at radius 1 is 1.17 bits per heavy atom. The van der Waals surface area contributed by atoms with Crippen LogP contribution in [0.25, 0.3) is 5.13 Å². The highest BCUT2D eigenvalue weighted by molar-refractivity contribution is 7.12. The number of para-hydroxylation sites is 1. The Morgan fingerprint density at radius 3 is 2.62 bits per heavy atom. The molecule has 0 bridgehead atoms. The van der Waals surface area contributed by atoms with Gasteiger partial charge in [0, 0.05) is 28.5 Å². The second-order valence-corrected chi connectivity index (χ2v) is 7.87. The number of ether oxygens (including phenoxy) is 2. The fourth-order valence-corrected chi connectivity index (χ4v) is 3.91. The molecule has 2 aromatic heterocycles. The van der Waals surface area contributed by atoms with E-state index < -0.39 is 5.97 Å². The van der Waals surface area contributed by atoms with Crippen molar-refractivity contribution in [3.05, 3.63) is 64.4 Å². The first-order chi connectivity index (χ1) is 13.9. The topological polar surface area (TPSA) is 70.4 Å². The lowest BCUT2D eigenvalue weighted by Crippen LogP contribution is -2.20. The standard InChI is InChI=1S/C22H24N2O4S/c1-14(2)17-7-5-6-8-20(17)27-13-21(26)28-12-19(25)18-11-15(3)24(16(18)4)22-23-9-10-29-22/h5-11,14H,12-13H2,1-4H3. The van der Waals surface area contributed by atoms with Gasteiger partial charge in [0.05, 0.1) is 0 Å². The molecule has 3 rings (SSSR count). The van der Waals surface area contributed by atoms with Gasteiger partial charge in [-0.3, -0.25) is 9.36 Å². The lowest BCUT2D eigenvalue weighted by atomic mass is 10.0. The number of benzene rings is 1. The van der Waals surface area contributed by atoms with E-state index in [0.717, 1.165) is 22.1 Å². The van der Waals surface area contributed by atoms with Crippen LogP contribution in [0.15, 0.2) is 41.9 Å². The van der Waals surface area contributed by atoms with Crippen molar-refractivity contribution in [3.63, 3.8) is 0 Å². The van der Waals surface area contributed by atoms with E-state index in [2.05, 4.69) is 18.8 Å². The normalized spacial score (nSPS) is 10.9. The summed E-state index contributed by atoms with van der Waals surface area (Å²) in [6, 6.07) is 9.37. The zero-order valence-corrected chi connectivity index (χ0v) is 17.8. The van der Waals surface area contributed by atoms with E-state index in [9.17, 15) is 9.59 Å². The van der Waals surface area contributed by atoms with Crippen LogP contribution in [-0.2, 0) is 9.53 Å². The molecule has 7 heteroatoms. The van der Waals surface area contributed by atoms with Crippen LogP contribution in [0.4, 0.5) is 0 Å². The van der Waals surface area contributed by atoms with Crippen molar-refractivity contribution in [2.45, 2.75) is 33.6 Å². The summed E-state index contributed by atoms with van der Waals surface area (Å²) in [5, 5.41) is 2.68. The number of hydrogen-bond acceptors (Lipinski definition) is 6. The predicted molar refractivity (Wildman–Crippen MR) is 112 cm³/mol. The highest BCUT2D eigenvalue weighted by atomic mass is 32.1. The number of carbonyl (C=O) groups excluding carboxylic acids is 2. The van der Waals surface area contributed by atoms with Crippen LogP contribution in [0.5, 0.6) is 5.75 Å². The van der Waals surface area contributed by atoms with E-state index in [4.69, 9.17) is 9.47 Å². The van der Waals surface area contributed by atoms with Crippen molar-refractivity contribution < 1.29 is 19.1 Å². The zero-order chi connectivity index (χ0) is 21.0. The van der Waals surface area contributed by atoms with Crippen LogP contribution in [0.3, 0.4) is 0 Å². The highest BCUT2D eigenvalue weighted by Gasteiger charge is 2.19. The molecule has 3 aromatic rings. The molecule has 0 aliphatic rings. The number of hydrogen-bond donors (Lipinski definition) is 0. The molecule has 0 radical (unpaired) electrons. The summed E-state index contributed by atoms with van der Waals surface area (Å²) in [4.78, 5) is 28.9. The molecule has 0 aliphatic carbocycles. The molecule has 0 amide bonds. The molecule has 0 saturated heterocycles. The van der Waals surface area contributed by atoms with Crippen LogP contribution in [0.2, 0.25) is 0 Å². The number of aryl methyl sites for hydroxylation is 1. The van der Waals surface area contributed by atoms with Gasteiger partial charge in [0.2, 0.25) is 5.78 Å². The average Bonchev–Trinajstić information content (AvgIpc) is 3.32. The van der Waals surface area contributed by atoms with E-state index in [1.165, 1.54) is 11.3 Å². The van der Waals surface area contributed by atoms with Crippen LogP contribution >= 0.6 is 11.3 Å². The zero-order valence-electron chi connectivity index (χ0n) is 17.0. The quantitative estimate of drug-likeness (QED) is 0.403. The number of aromatic nitrogens is 2. The first kappa shape index (κ1) is 20.8. The highest BCUT2D eigenvalue weighted by Crippen LogP contribution is 2.26. The number of esters is 1. The smallest absolute Gasteiger partial charge is 0.344 e. The van der Waals surface area contributed by atoms with Gasteiger partial charge in [-0.25, -0.2) is 9.78 Å². The number of carbonyl (C=O) groups is 2. The summed E-state index contributed by atoms with van der Waals surface area (Å²) in [6.07, 6.45) is 1.72. The largest absolute Gasteiger partial charge is 0.482 e. The van der Waals surface area contributed by atoms with Gasteiger partial charge in [0.15, 0.2) is 18.3 Å². The first-order valence-electron chi connectivity index (χ1n) is 9.37. The lowest BCUT2D eigenvalue weighted by Gasteiger charge is -2.13. The Labute approximate surface area is 174 Å². The molecule has 0 aliphatic heterocycles. The maximum atomic E-state index is 12.6. The SMILES string of the molecule is Cc1cc(C(=O)COC(=O)COc2ccccc2C(C)C)c(C)n1-c1nccs1. The lowest BCUT2D eigenvalue weighted by molar-refractivity contribution is -0.144. The third-order valence-corrected chi connectivity index (χ3v) is 5.35. The molecule has 0 fully saturated rings. The number of rotatable bonds is 8. The summed E-state index contributed by atoms with van der Waals surface area (Å²) >= 11 is 1.49. The second kappa shape index (κ2) is 9.05. The van der Waals surface area contributed by atoms with Crippen molar-refractivity contribution >= 4 is 23.1 Å².